The van der Waals surface area contributed by atoms with E-state index in [4.69, 9.17) is 14.5 Å². The van der Waals surface area contributed by atoms with Gasteiger partial charge in [0.25, 0.3) is 0 Å². The summed E-state index contributed by atoms with van der Waals surface area (Å²) in [6.07, 6.45) is 6.62. The number of benzene rings is 1. The van der Waals surface area contributed by atoms with Gasteiger partial charge in [-0.25, -0.2) is 4.98 Å². The van der Waals surface area contributed by atoms with Crippen molar-refractivity contribution in [2.75, 3.05) is 12.1 Å². The summed E-state index contributed by atoms with van der Waals surface area (Å²) < 4.78 is 10.6. The van der Waals surface area contributed by atoms with Crippen LogP contribution in [0.25, 0.3) is 0 Å². The fraction of sp³-hybridized carbons (Fsp3) is 0.409. The molecule has 1 aromatic heterocycles. The van der Waals surface area contributed by atoms with E-state index in [-0.39, 0.29) is 12.7 Å². The second-order valence-electron chi connectivity index (χ2n) is 7.29. The van der Waals surface area contributed by atoms with Crippen LogP contribution in [0.2, 0.25) is 0 Å². The van der Waals surface area contributed by atoms with Gasteiger partial charge in [-0.15, -0.1) is 0 Å². The number of ether oxygens (including phenoxy) is 2. The molecule has 1 aliphatic heterocycles. The third-order valence-corrected chi connectivity index (χ3v) is 6.29. The zero-order valence-electron chi connectivity index (χ0n) is 16.4. The molecule has 6 nitrogen and oxygen atoms in total. The number of aromatic nitrogens is 1. The monoisotopic (exact) mass is 409 g/mol. The second kappa shape index (κ2) is 8.75. The molecular formula is C22H23N3O3S. The van der Waals surface area contributed by atoms with E-state index in [1.165, 1.54) is 30.2 Å². The van der Waals surface area contributed by atoms with E-state index in [2.05, 4.69) is 11.4 Å². The highest BCUT2D eigenvalue weighted by molar-refractivity contribution is 8.00. The van der Waals surface area contributed by atoms with E-state index in [1.54, 1.807) is 18.2 Å². The highest BCUT2D eigenvalue weighted by Gasteiger charge is 2.21. The topological polar surface area (TPSA) is 84.2 Å². The summed E-state index contributed by atoms with van der Waals surface area (Å²) >= 11 is 1.33. The Kier molecular flexibility index (Phi) is 5.91. The van der Waals surface area contributed by atoms with Crippen LogP contribution in [-0.2, 0) is 17.6 Å². The van der Waals surface area contributed by atoms with Crippen molar-refractivity contribution in [1.29, 1.82) is 5.26 Å². The Hall–Kier alpha value is -2.72. The number of amides is 1. The maximum absolute atomic E-state index is 12.7. The van der Waals surface area contributed by atoms with E-state index in [0.29, 0.717) is 27.8 Å². The summed E-state index contributed by atoms with van der Waals surface area (Å²) in [4.78, 5) is 17.5. The number of hydrogen-bond acceptors (Lipinski definition) is 6. The zero-order chi connectivity index (χ0) is 20.2. The van der Waals surface area contributed by atoms with E-state index in [1.807, 2.05) is 13.0 Å². The molecule has 0 spiro atoms. The first-order chi connectivity index (χ1) is 14.1. The van der Waals surface area contributed by atoms with Gasteiger partial charge in [-0.1, -0.05) is 24.6 Å². The van der Waals surface area contributed by atoms with Crippen molar-refractivity contribution in [2.45, 2.75) is 55.7 Å². The quantitative estimate of drug-likeness (QED) is 0.751. The fourth-order valence-electron chi connectivity index (χ4n) is 3.58. The van der Waals surface area contributed by atoms with Gasteiger partial charge in [-0.2, -0.15) is 5.26 Å². The zero-order valence-corrected chi connectivity index (χ0v) is 17.2. The number of aryl methyl sites for hydroxylation is 2. The molecule has 0 bridgehead atoms. The Labute approximate surface area is 174 Å². The number of nitrogens with zero attached hydrogens (tertiary/aromatic N) is 2. The molecule has 1 unspecified atom stereocenters. The van der Waals surface area contributed by atoms with Crippen LogP contribution in [0.4, 0.5) is 5.69 Å². The molecule has 2 aromatic rings. The average molecular weight is 410 g/mol. The molecule has 2 heterocycles. The molecule has 1 aliphatic carbocycles. The lowest BCUT2D eigenvalue weighted by atomic mass is 9.96. The number of nitriles is 1. The first kappa shape index (κ1) is 19.6. The standard InChI is InChI=1S/C22H23N3O3S/c1-14(21(26)24-17-8-9-19-20(11-17)28-13-27-19)29-22-16(12-23)10-15-6-4-2-3-5-7-18(15)25-22/h8-11,14H,2-7,13H2,1H3,(H,24,26). The number of rotatable bonds is 4. The first-order valence-corrected chi connectivity index (χ1v) is 10.8. The number of carbonyl (C=O) groups is 1. The van der Waals surface area contributed by atoms with Crippen molar-refractivity contribution in [3.05, 3.63) is 41.1 Å². The summed E-state index contributed by atoms with van der Waals surface area (Å²) in [5.41, 5.74) is 3.47. The van der Waals surface area contributed by atoms with Crippen molar-refractivity contribution >= 4 is 23.4 Å². The summed E-state index contributed by atoms with van der Waals surface area (Å²) in [5.74, 6) is 1.15. The molecule has 150 valence electrons. The smallest absolute Gasteiger partial charge is 0.237 e. The van der Waals surface area contributed by atoms with Crippen molar-refractivity contribution in [1.82, 2.24) is 4.98 Å². The van der Waals surface area contributed by atoms with Crippen LogP contribution in [-0.4, -0.2) is 22.9 Å². The molecule has 0 saturated carbocycles. The Morgan fingerprint density at radius 1 is 1.17 bits per heavy atom. The molecule has 1 aromatic carbocycles. The fourth-order valence-corrected chi connectivity index (χ4v) is 4.47. The molecule has 7 heteroatoms. The van der Waals surface area contributed by atoms with E-state index < -0.39 is 5.25 Å². The molecule has 1 N–H and O–H groups in total. The van der Waals surface area contributed by atoms with Gasteiger partial charge in [0, 0.05) is 17.4 Å². The van der Waals surface area contributed by atoms with Gasteiger partial charge in [0.1, 0.15) is 11.1 Å². The SMILES string of the molecule is CC(Sc1nc2c(cc1C#N)CCCCCC2)C(=O)Nc1ccc2c(c1)OCO2. The molecular weight excluding hydrogens is 386 g/mol. The van der Waals surface area contributed by atoms with Gasteiger partial charge in [0.15, 0.2) is 11.5 Å². The molecule has 1 amide bonds. The lowest BCUT2D eigenvalue weighted by molar-refractivity contribution is -0.115. The highest BCUT2D eigenvalue weighted by atomic mass is 32.2. The minimum absolute atomic E-state index is 0.147. The molecule has 0 saturated heterocycles. The summed E-state index contributed by atoms with van der Waals surface area (Å²) in [6, 6.07) is 9.54. The van der Waals surface area contributed by atoms with Gasteiger partial charge in [0.2, 0.25) is 12.7 Å². The third kappa shape index (κ3) is 4.48. The van der Waals surface area contributed by atoms with Crippen LogP contribution >= 0.6 is 11.8 Å². The predicted molar refractivity (Wildman–Crippen MR) is 111 cm³/mol. The van der Waals surface area contributed by atoms with Crippen molar-refractivity contribution in [2.24, 2.45) is 0 Å². The average Bonchev–Trinajstić information content (AvgIpc) is 3.16. The van der Waals surface area contributed by atoms with Crippen LogP contribution in [0.3, 0.4) is 0 Å². The molecule has 0 fully saturated rings. The molecule has 1 atom stereocenters. The highest BCUT2D eigenvalue weighted by Crippen LogP contribution is 2.35. The molecule has 29 heavy (non-hydrogen) atoms. The number of fused-ring (bicyclic) bond motifs is 2. The van der Waals surface area contributed by atoms with Crippen molar-refractivity contribution < 1.29 is 14.3 Å². The van der Waals surface area contributed by atoms with Crippen LogP contribution in [0, 0.1) is 11.3 Å². The van der Waals surface area contributed by atoms with Gasteiger partial charge in [-0.3, -0.25) is 4.79 Å². The second-order valence-corrected chi connectivity index (χ2v) is 8.62. The largest absolute Gasteiger partial charge is 0.454 e. The maximum Gasteiger partial charge on any atom is 0.237 e. The first-order valence-electron chi connectivity index (χ1n) is 9.94. The Morgan fingerprint density at radius 3 is 2.79 bits per heavy atom. The number of anilines is 1. The van der Waals surface area contributed by atoms with Crippen molar-refractivity contribution in [3.8, 4) is 17.6 Å². The number of pyridine rings is 1. The minimum atomic E-state index is -0.397. The van der Waals surface area contributed by atoms with E-state index in [0.717, 1.165) is 31.4 Å². The lowest BCUT2D eigenvalue weighted by Gasteiger charge is -2.17. The summed E-state index contributed by atoms with van der Waals surface area (Å²) in [6.45, 7) is 2.02. The Morgan fingerprint density at radius 2 is 1.97 bits per heavy atom. The Balaban J connectivity index is 1.48. The molecule has 4 rings (SSSR count). The molecule has 2 aliphatic rings. The molecule has 0 radical (unpaired) electrons. The van der Waals surface area contributed by atoms with Gasteiger partial charge >= 0.3 is 0 Å². The Bertz CT molecular complexity index is 971. The summed E-state index contributed by atoms with van der Waals surface area (Å²) in [5, 5.41) is 12.7. The minimum Gasteiger partial charge on any atom is -0.454 e. The number of nitrogens with one attached hydrogen (secondary N) is 1. The van der Waals surface area contributed by atoms with E-state index in [9.17, 15) is 10.1 Å². The van der Waals surface area contributed by atoms with Crippen LogP contribution in [0.5, 0.6) is 11.5 Å². The van der Waals surface area contributed by atoms with Gasteiger partial charge < -0.3 is 14.8 Å². The van der Waals surface area contributed by atoms with E-state index >= 15 is 0 Å². The predicted octanol–water partition coefficient (Wildman–Crippen LogP) is 4.46. The normalized spacial score (nSPS) is 16.1. The maximum atomic E-state index is 12.7. The number of hydrogen-bond donors (Lipinski definition) is 1. The lowest BCUT2D eigenvalue weighted by Crippen LogP contribution is -2.22. The van der Waals surface area contributed by atoms with Crippen LogP contribution in [0.15, 0.2) is 29.3 Å². The third-order valence-electron chi connectivity index (χ3n) is 5.18. The van der Waals surface area contributed by atoms with Crippen molar-refractivity contribution in [3.63, 3.8) is 0 Å². The summed E-state index contributed by atoms with van der Waals surface area (Å²) in [7, 11) is 0. The van der Waals surface area contributed by atoms with Crippen LogP contribution < -0.4 is 14.8 Å². The van der Waals surface area contributed by atoms with Gasteiger partial charge in [-0.05, 0) is 56.4 Å². The van der Waals surface area contributed by atoms with Crippen LogP contribution in [0.1, 0.15) is 49.4 Å². The number of thioether (sulfide) groups is 1. The van der Waals surface area contributed by atoms with Gasteiger partial charge in [0.05, 0.1) is 10.8 Å². The number of carbonyl (C=O) groups excluding carboxylic acids is 1.